The Labute approximate surface area is 109 Å². The summed E-state index contributed by atoms with van der Waals surface area (Å²) >= 11 is 0. The molecule has 0 aromatic carbocycles. The SMILES string of the molecule is NC(=O)C1CCC(NCC2CC(F)(F)C(=O)O2)CC1. The van der Waals surface area contributed by atoms with Gasteiger partial charge in [-0.3, -0.25) is 4.79 Å². The lowest BCUT2D eigenvalue weighted by Gasteiger charge is -2.28. The molecule has 1 saturated heterocycles. The molecular formula is C12H18F2N2O3. The maximum atomic E-state index is 12.9. The van der Waals surface area contributed by atoms with Gasteiger partial charge in [-0.2, -0.15) is 8.78 Å². The van der Waals surface area contributed by atoms with Crippen LogP contribution in [0.15, 0.2) is 0 Å². The van der Waals surface area contributed by atoms with Gasteiger partial charge in [-0.05, 0) is 25.7 Å². The molecule has 1 heterocycles. The predicted octanol–water partition coefficient (Wildman–Crippen LogP) is 0.571. The second kappa shape index (κ2) is 5.40. The average molecular weight is 276 g/mol. The van der Waals surface area contributed by atoms with Crippen molar-refractivity contribution in [2.24, 2.45) is 11.7 Å². The van der Waals surface area contributed by atoms with E-state index >= 15 is 0 Å². The first-order valence-electron chi connectivity index (χ1n) is 6.50. The first-order chi connectivity index (χ1) is 8.88. The summed E-state index contributed by atoms with van der Waals surface area (Å²) in [7, 11) is 0. The van der Waals surface area contributed by atoms with Crippen LogP contribution in [0, 0.1) is 5.92 Å². The molecule has 1 aliphatic carbocycles. The van der Waals surface area contributed by atoms with Crippen LogP contribution in [0.25, 0.3) is 0 Å². The van der Waals surface area contributed by atoms with Crippen LogP contribution in [-0.2, 0) is 14.3 Å². The summed E-state index contributed by atoms with van der Waals surface area (Å²) in [5.74, 6) is -5.14. The van der Waals surface area contributed by atoms with Crippen molar-refractivity contribution in [3.63, 3.8) is 0 Å². The van der Waals surface area contributed by atoms with E-state index < -0.39 is 24.4 Å². The molecule has 1 amide bonds. The van der Waals surface area contributed by atoms with Gasteiger partial charge in [-0.1, -0.05) is 0 Å². The van der Waals surface area contributed by atoms with E-state index in [1.54, 1.807) is 0 Å². The minimum absolute atomic E-state index is 0.0771. The Kier molecular flexibility index (Phi) is 4.03. The number of hydrogen-bond acceptors (Lipinski definition) is 4. The van der Waals surface area contributed by atoms with Crippen molar-refractivity contribution in [1.82, 2.24) is 5.32 Å². The third kappa shape index (κ3) is 3.40. The van der Waals surface area contributed by atoms with Crippen LogP contribution in [0.2, 0.25) is 0 Å². The van der Waals surface area contributed by atoms with Gasteiger partial charge in [-0.15, -0.1) is 0 Å². The van der Waals surface area contributed by atoms with E-state index in [-0.39, 0.29) is 24.4 Å². The molecule has 19 heavy (non-hydrogen) atoms. The largest absolute Gasteiger partial charge is 0.456 e. The first-order valence-corrected chi connectivity index (χ1v) is 6.50. The number of rotatable bonds is 4. The van der Waals surface area contributed by atoms with E-state index in [1.807, 2.05) is 0 Å². The summed E-state index contributed by atoms with van der Waals surface area (Å²) in [6.07, 6.45) is 1.67. The molecule has 0 aromatic rings. The molecule has 0 bridgehead atoms. The van der Waals surface area contributed by atoms with Crippen LogP contribution in [0.3, 0.4) is 0 Å². The Hall–Kier alpha value is -1.24. The summed E-state index contributed by atoms with van der Waals surface area (Å²) in [4.78, 5) is 21.8. The Bertz CT molecular complexity index is 368. The highest BCUT2D eigenvalue weighted by Gasteiger charge is 2.50. The highest BCUT2D eigenvalue weighted by Crippen LogP contribution is 2.31. The minimum atomic E-state index is -3.35. The lowest BCUT2D eigenvalue weighted by atomic mass is 9.85. The molecule has 0 aromatic heterocycles. The van der Waals surface area contributed by atoms with Crippen molar-refractivity contribution in [3.8, 4) is 0 Å². The molecule has 7 heteroatoms. The molecule has 2 fully saturated rings. The molecule has 5 nitrogen and oxygen atoms in total. The lowest BCUT2D eigenvalue weighted by Crippen LogP contribution is -2.40. The number of ether oxygens (including phenoxy) is 1. The van der Waals surface area contributed by atoms with E-state index in [1.165, 1.54) is 0 Å². The first kappa shape index (κ1) is 14.2. The van der Waals surface area contributed by atoms with Gasteiger partial charge < -0.3 is 15.8 Å². The standard InChI is InChI=1S/C12H18F2N2O3/c13-12(14)5-9(19-11(12)18)6-16-8-3-1-7(2-4-8)10(15)17/h7-9,16H,1-6H2,(H2,15,17). The van der Waals surface area contributed by atoms with Crippen molar-refractivity contribution >= 4 is 11.9 Å². The third-order valence-corrected chi connectivity index (χ3v) is 3.82. The fraction of sp³-hybridized carbons (Fsp3) is 0.833. The summed E-state index contributed by atoms with van der Waals surface area (Å²) in [6, 6.07) is 0.170. The van der Waals surface area contributed by atoms with Crippen molar-refractivity contribution < 1.29 is 23.1 Å². The minimum Gasteiger partial charge on any atom is -0.456 e. The van der Waals surface area contributed by atoms with E-state index in [0.717, 1.165) is 12.8 Å². The number of carbonyl (C=O) groups is 2. The van der Waals surface area contributed by atoms with Gasteiger partial charge in [0.2, 0.25) is 5.91 Å². The van der Waals surface area contributed by atoms with Crippen LogP contribution in [0.4, 0.5) is 8.78 Å². The highest BCUT2D eigenvalue weighted by atomic mass is 19.3. The maximum absolute atomic E-state index is 12.9. The molecule has 1 atom stereocenters. The van der Waals surface area contributed by atoms with E-state index in [2.05, 4.69) is 10.1 Å². The van der Waals surface area contributed by atoms with Gasteiger partial charge in [0.25, 0.3) is 0 Å². The third-order valence-electron chi connectivity index (χ3n) is 3.82. The van der Waals surface area contributed by atoms with Crippen molar-refractivity contribution in [3.05, 3.63) is 0 Å². The van der Waals surface area contributed by atoms with Crippen LogP contribution in [0.1, 0.15) is 32.1 Å². The zero-order chi connectivity index (χ0) is 14.0. The number of cyclic esters (lactones) is 1. The number of nitrogens with two attached hydrogens (primary N) is 1. The quantitative estimate of drug-likeness (QED) is 0.736. The molecule has 1 unspecified atom stereocenters. The number of carbonyl (C=O) groups excluding carboxylic acids is 2. The van der Waals surface area contributed by atoms with Crippen molar-refractivity contribution in [2.75, 3.05) is 6.54 Å². The smallest absolute Gasteiger partial charge is 0.377 e. The number of hydrogen-bond donors (Lipinski definition) is 2. The van der Waals surface area contributed by atoms with E-state index in [4.69, 9.17) is 5.73 Å². The average Bonchev–Trinajstić information content (AvgIpc) is 2.61. The van der Waals surface area contributed by atoms with Crippen LogP contribution < -0.4 is 11.1 Å². The topological polar surface area (TPSA) is 81.4 Å². The summed E-state index contributed by atoms with van der Waals surface area (Å²) in [6.45, 7) is 0.229. The van der Waals surface area contributed by atoms with E-state index in [0.29, 0.717) is 12.8 Å². The second-order valence-electron chi connectivity index (χ2n) is 5.30. The second-order valence-corrected chi connectivity index (χ2v) is 5.30. The fourth-order valence-electron chi connectivity index (χ4n) is 2.64. The molecule has 3 N–H and O–H groups in total. The Balaban J connectivity index is 1.70. The molecule has 0 spiro atoms. The molecule has 2 rings (SSSR count). The number of nitrogens with one attached hydrogen (secondary N) is 1. The van der Waals surface area contributed by atoms with Gasteiger partial charge in [0.05, 0.1) is 6.42 Å². The number of alkyl halides is 2. The molecule has 1 saturated carbocycles. The Morgan fingerprint density at radius 1 is 1.37 bits per heavy atom. The summed E-state index contributed by atoms with van der Waals surface area (Å²) < 4.78 is 30.5. The number of halogens is 2. The van der Waals surface area contributed by atoms with Gasteiger partial charge in [0.1, 0.15) is 6.10 Å². The summed E-state index contributed by atoms with van der Waals surface area (Å²) in [5, 5.41) is 3.12. The van der Waals surface area contributed by atoms with Crippen molar-refractivity contribution in [2.45, 2.75) is 50.2 Å². The van der Waals surface area contributed by atoms with Gasteiger partial charge in [0, 0.05) is 18.5 Å². The monoisotopic (exact) mass is 276 g/mol. The predicted molar refractivity (Wildman–Crippen MR) is 62.4 cm³/mol. The van der Waals surface area contributed by atoms with E-state index in [9.17, 15) is 18.4 Å². The Morgan fingerprint density at radius 2 is 2.00 bits per heavy atom. The molecule has 0 radical (unpaired) electrons. The van der Waals surface area contributed by atoms with Gasteiger partial charge in [0.15, 0.2) is 0 Å². The number of esters is 1. The van der Waals surface area contributed by atoms with Crippen LogP contribution in [0.5, 0.6) is 0 Å². The normalized spacial score (nSPS) is 34.0. The molecule has 2 aliphatic rings. The summed E-state index contributed by atoms with van der Waals surface area (Å²) in [5.41, 5.74) is 5.23. The number of amides is 1. The Morgan fingerprint density at radius 3 is 2.47 bits per heavy atom. The van der Waals surface area contributed by atoms with Gasteiger partial charge in [-0.25, -0.2) is 4.79 Å². The molecule has 1 aliphatic heterocycles. The van der Waals surface area contributed by atoms with Crippen LogP contribution >= 0.6 is 0 Å². The zero-order valence-corrected chi connectivity index (χ0v) is 10.5. The lowest BCUT2D eigenvalue weighted by molar-refractivity contribution is -0.159. The fourth-order valence-corrected chi connectivity index (χ4v) is 2.64. The highest BCUT2D eigenvalue weighted by molar-refractivity contribution is 5.79. The molecule has 108 valence electrons. The van der Waals surface area contributed by atoms with Crippen LogP contribution in [-0.4, -0.2) is 36.5 Å². The molecular weight excluding hydrogens is 258 g/mol. The zero-order valence-electron chi connectivity index (χ0n) is 10.5. The number of primary amides is 1. The van der Waals surface area contributed by atoms with Crippen molar-refractivity contribution in [1.29, 1.82) is 0 Å². The maximum Gasteiger partial charge on any atom is 0.377 e. The van der Waals surface area contributed by atoms with Gasteiger partial charge >= 0.3 is 11.9 Å².